The number of unbranched alkanes of at least 4 members (excludes halogenated alkanes) is 2. The largest absolute Gasteiger partial charge is 0.463 e. The summed E-state index contributed by atoms with van der Waals surface area (Å²) in [5, 5.41) is 5.72. The molecule has 0 aliphatic rings. The Labute approximate surface area is 231 Å². The fourth-order valence-electron chi connectivity index (χ4n) is 3.28. The van der Waals surface area contributed by atoms with E-state index in [4.69, 9.17) is 18.9 Å². The van der Waals surface area contributed by atoms with E-state index in [9.17, 15) is 19.2 Å². The second kappa shape index (κ2) is 16.2. The molecule has 10 heteroatoms. The summed E-state index contributed by atoms with van der Waals surface area (Å²) in [7, 11) is 0. The third-order valence-electron chi connectivity index (χ3n) is 5.67. The van der Waals surface area contributed by atoms with Gasteiger partial charge < -0.3 is 29.6 Å². The molecule has 0 spiro atoms. The van der Waals surface area contributed by atoms with Crippen molar-refractivity contribution in [1.82, 2.24) is 10.6 Å². The fraction of sp³-hybridized carbons (Fsp3) is 0.517. The standard InChI is InChI=1S/C29H42N2O8/c1-8-24(32)36-16-9-11-18-38-26(34)30-28(4,5)22-14-13-15-23(20-22)29(6,7)31-27(35)39-19-12-10-17-37-25(33)21(2)3/h8,13-15,20H,1-2,9-12,16-19H2,3-7H3,(H,30,34)(H,31,35). The lowest BCUT2D eigenvalue weighted by molar-refractivity contribution is -0.139. The number of carbonyl (C=O) groups is 4. The van der Waals surface area contributed by atoms with Crippen LogP contribution in [0.4, 0.5) is 9.59 Å². The van der Waals surface area contributed by atoms with Gasteiger partial charge in [-0.15, -0.1) is 0 Å². The van der Waals surface area contributed by atoms with E-state index in [0.717, 1.165) is 17.2 Å². The molecule has 2 amide bonds. The van der Waals surface area contributed by atoms with Crippen molar-refractivity contribution >= 4 is 24.1 Å². The van der Waals surface area contributed by atoms with Gasteiger partial charge in [0, 0.05) is 11.6 Å². The topological polar surface area (TPSA) is 129 Å². The van der Waals surface area contributed by atoms with E-state index in [2.05, 4.69) is 23.8 Å². The lowest BCUT2D eigenvalue weighted by atomic mass is 9.87. The zero-order valence-electron chi connectivity index (χ0n) is 23.7. The Morgan fingerprint density at radius 3 is 1.59 bits per heavy atom. The molecule has 0 bridgehead atoms. The molecule has 0 atom stereocenters. The number of rotatable bonds is 16. The minimum absolute atomic E-state index is 0.186. The second-order valence-electron chi connectivity index (χ2n) is 10.1. The number of hydrogen-bond donors (Lipinski definition) is 2. The molecule has 0 aliphatic heterocycles. The first kappa shape index (κ1) is 33.2. The first-order valence-corrected chi connectivity index (χ1v) is 12.9. The van der Waals surface area contributed by atoms with Crippen molar-refractivity contribution in [1.29, 1.82) is 0 Å². The molecule has 1 rings (SSSR count). The van der Waals surface area contributed by atoms with Gasteiger partial charge in [-0.05, 0) is 71.4 Å². The van der Waals surface area contributed by atoms with E-state index < -0.39 is 35.2 Å². The quantitative estimate of drug-likeness (QED) is 0.128. The van der Waals surface area contributed by atoms with Crippen LogP contribution in [0, 0.1) is 0 Å². The lowest BCUT2D eigenvalue weighted by Gasteiger charge is -2.30. The van der Waals surface area contributed by atoms with Crippen molar-refractivity contribution in [3.8, 4) is 0 Å². The van der Waals surface area contributed by atoms with Gasteiger partial charge in [-0.3, -0.25) is 0 Å². The molecule has 10 nitrogen and oxygen atoms in total. The molecule has 0 unspecified atom stereocenters. The third-order valence-corrected chi connectivity index (χ3v) is 5.67. The molecular weight excluding hydrogens is 504 g/mol. The van der Waals surface area contributed by atoms with Crippen LogP contribution in [-0.2, 0) is 39.6 Å². The van der Waals surface area contributed by atoms with Gasteiger partial charge in [-0.2, -0.15) is 0 Å². The molecule has 0 fully saturated rings. The monoisotopic (exact) mass is 546 g/mol. The van der Waals surface area contributed by atoms with Gasteiger partial charge in [0.05, 0.1) is 37.5 Å². The van der Waals surface area contributed by atoms with Crippen LogP contribution in [0.3, 0.4) is 0 Å². The van der Waals surface area contributed by atoms with Crippen molar-refractivity contribution in [2.45, 2.75) is 71.4 Å². The van der Waals surface area contributed by atoms with Crippen LogP contribution in [-0.4, -0.2) is 50.6 Å². The predicted molar refractivity (Wildman–Crippen MR) is 147 cm³/mol. The average Bonchev–Trinajstić information content (AvgIpc) is 2.87. The van der Waals surface area contributed by atoms with Crippen LogP contribution in [0.15, 0.2) is 49.1 Å². The number of alkyl carbamates (subject to hydrolysis) is 2. The first-order chi connectivity index (χ1) is 18.3. The summed E-state index contributed by atoms with van der Waals surface area (Å²) in [6.07, 6.45) is 2.19. The van der Waals surface area contributed by atoms with Gasteiger partial charge in [0.25, 0.3) is 0 Å². The lowest BCUT2D eigenvalue weighted by Crippen LogP contribution is -2.43. The Bertz CT molecular complexity index is 1020. The number of benzene rings is 1. The van der Waals surface area contributed by atoms with Gasteiger partial charge in [-0.25, -0.2) is 19.2 Å². The zero-order chi connectivity index (χ0) is 29.5. The van der Waals surface area contributed by atoms with E-state index in [1.54, 1.807) is 6.92 Å². The smallest absolute Gasteiger partial charge is 0.407 e. The van der Waals surface area contributed by atoms with Crippen LogP contribution >= 0.6 is 0 Å². The molecule has 0 radical (unpaired) electrons. The van der Waals surface area contributed by atoms with Gasteiger partial charge in [-0.1, -0.05) is 37.4 Å². The van der Waals surface area contributed by atoms with Gasteiger partial charge >= 0.3 is 24.1 Å². The first-order valence-electron chi connectivity index (χ1n) is 12.9. The Balaban J connectivity index is 2.54. The van der Waals surface area contributed by atoms with Crippen molar-refractivity contribution in [3.63, 3.8) is 0 Å². The highest BCUT2D eigenvalue weighted by Crippen LogP contribution is 2.27. The molecule has 2 N–H and O–H groups in total. The van der Waals surface area contributed by atoms with E-state index >= 15 is 0 Å². The predicted octanol–water partition coefficient (Wildman–Crippen LogP) is 5.02. The maximum atomic E-state index is 12.4. The molecule has 0 saturated heterocycles. The van der Waals surface area contributed by atoms with Crippen LogP contribution in [0.1, 0.15) is 71.4 Å². The van der Waals surface area contributed by atoms with Crippen LogP contribution < -0.4 is 10.6 Å². The average molecular weight is 547 g/mol. The molecule has 0 aromatic heterocycles. The van der Waals surface area contributed by atoms with Crippen molar-refractivity contribution in [3.05, 3.63) is 60.2 Å². The van der Waals surface area contributed by atoms with E-state index in [-0.39, 0.29) is 26.4 Å². The zero-order valence-corrected chi connectivity index (χ0v) is 23.7. The molecule has 0 saturated carbocycles. The number of nitrogens with one attached hydrogen (secondary N) is 2. The van der Waals surface area contributed by atoms with Gasteiger partial charge in [0.15, 0.2) is 0 Å². The van der Waals surface area contributed by atoms with E-state index in [1.807, 2.05) is 52.0 Å². The highest BCUT2D eigenvalue weighted by molar-refractivity contribution is 5.86. The maximum Gasteiger partial charge on any atom is 0.407 e. The normalized spacial score (nSPS) is 11.1. The number of ether oxygens (including phenoxy) is 4. The summed E-state index contributed by atoms with van der Waals surface area (Å²) in [5.74, 6) is -0.919. The molecule has 0 aliphatic carbocycles. The Morgan fingerprint density at radius 1 is 0.769 bits per heavy atom. The van der Waals surface area contributed by atoms with Crippen LogP contribution in [0.25, 0.3) is 0 Å². The SMILES string of the molecule is C=CC(=O)OCCCCOC(=O)NC(C)(C)c1cccc(C(C)(C)NC(=O)OCCCCOC(=O)C(=C)C)c1. The Kier molecular flexibility index (Phi) is 13.8. The maximum absolute atomic E-state index is 12.4. The van der Waals surface area contributed by atoms with Crippen LogP contribution in [0.2, 0.25) is 0 Å². The minimum Gasteiger partial charge on any atom is -0.463 e. The Hall–Kier alpha value is -3.82. The minimum atomic E-state index is -0.754. The molecule has 0 heterocycles. The second-order valence-corrected chi connectivity index (χ2v) is 10.1. The van der Waals surface area contributed by atoms with Crippen molar-refractivity contribution < 1.29 is 38.1 Å². The number of carbonyl (C=O) groups excluding carboxylic acids is 4. The summed E-state index contributed by atoms with van der Waals surface area (Å²) >= 11 is 0. The summed E-state index contributed by atoms with van der Waals surface area (Å²) in [5.41, 5.74) is 0.474. The number of esters is 2. The van der Waals surface area contributed by atoms with Gasteiger partial charge in [0.1, 0.15) is 0 Å². The van der Waals surface area contributed by atoms with Crippen LogP contribution in [0.5, 0.6) is 0 Å². The number of amides is 2. The van der Waals surface area contributed by atoms with Crippen molar-refractivity contribution in [2.24, 2.45) is 0 Å². The molecule has 216 valence electrons. The van der Waals surface area contributed by atoms with E-state index in [1.165, 1.54) is 0 Å². The summed E-state index contributed by atoms with van der Waals surface area (Å²) in [6.45, 7) is 16.7. The highest BCUT2D eigenvalue weighted by atomic mass is 16.6. The summed E-state index contributed by atoms with van der Waals surface area (Å²) in [6, 6.07) is 7.52. The third kappa shape index (κ3) is 13.0. The Morgan fingerprint density at radius 2 is 1.18 bits per heavy atom. The summed E-state index contributed by atoms with van der Waals surface area (Å²) in [4.78, 5) is 47.1. The van der Waals surface area contributed by atoms with E-state index in [0.29, 0.717) is 31.3 Å². The highest BCUT2D eigenvalue weighted by Gasteiger charge is 2.28. The fourth-order valence-corrected chi connectivity index (χ4v) is 3.28. The van der Waals surface area contributed by atoms with Gasteiger partial charge in [0.2, 0.25) is 0 Å². The molecule has 39 heavy (non-hydrogen) atoms. The molecule has 1 aromatic carbocycles. The molecule has 1 aromatic rings. The molecular formula is C29H42N2O8. The summed E-state index contributed by atoms with van der Waals surface area (Å²) < 4.78 is 20.4. The number of hydrogen-bond acceptors (Lipinski definition) is 8. The van der Waals surface area contributed by atoms with Crippen molar-refractivity contribution in [2.75, 3.05) is 26.4 Å².